The lowest BCUT2D eigenvalue weighted by Gasteiger charge is -2.16. The Morgan fingerprint density at radius 2 is 1.65 bits per heavy atom. The van der Waals surface area contributed by atoms with Crippen molar-refractivity contribution in [1.29, 1.82) is 0 Å². The average Bonchev–Trinajstić information content (AvgIpc) is 3.15. The molecular formula is C25H45N3O3. The molecule has 0 saturated carbocycles. The van der Waals surface area contributed by atoms with Gasteiger partial charge in [0.05, 0.1) is 16.3 Å². The van der Waals surface area contributed by atoms with Crippen molar-refractivity contribution < 1.29 is 9.53 Å². The Morgan fingerprint density at radius 1 is 1.10 bits per heavy atom. The second-order valence-electron chi connectivity index (χ2n) is 7.05. The molecule has 1 aromatic heterocycles. The Labute approximate surface area is 189 Å². The SMILES string of the molecule is CC.CC.CC.CC.CC(C)(C)C(=O)OCc1nc2cc3c(cc2c(=O)[nH]1)C(N)CC3. The fourth-order valence-corrected chi connectivity index (χ4v) is 2.74. The first kappa shape index (κ1) is 31.0. The van der Waals surface area contributed by atoms with Crippen molar-refractivity contribution in [2.24, 2.45) is 11.1 Å². The fourth-order valence-electron chi connectivity index (χ4n) is 2.74. The Bertz CT molecular complexity index is 836. The number of carbonyl (C=O) groups excluding carboxylic acids is 1. The zero-order valence-electron chi connectivity index (χ0n) is 21.6. The van der Waals surface area contributed by atoms with E-state index in [1.165, 1.54) is 0 Å². The van der Waals surface area contributed by atoms with Gasteiger partial charge in [-0.2, -0.15) is 0 Å². The van der Waals surface area contributed by atoms with Gasteiger partial charge in [-0.15, -0.1) is 0 Å². The summed E-state index contributed by atoms with van der Waals surface area (Å²) in [6, 6.07) is 3.74. The number of hydrogen-bond donors (Lipinski definition) is 2. The van der Waals surface area contributed by atoms with E-state index in [-0.39, 0.29) is 24.2 Å². The van der Waals surface area contributed by atoms with Crippen molar-refractivity contribution in [3.05, 3.63) is 39.4 Å². The van der Waals surface area contributed by atoms with E-state index < -0.39 is 5.41 Å². The van der Waals surface area contributed by atoms with Crippen molar-refractivity contribution in [2.75, 3.05) is 0 Å². The van der Waals surface area contributed by atoms with Gasteiger partial charge in [0.1, 0.15) is 12.4 Å². The topological polar surface area (TPSA) is 98.1 Å². The number of fused-ring (bicyclic) bond motifs is 2. The van der Waals surface area contributed by atoms with E-state index in [0.717, 1.165) is 24.0 Å². The minimum absolute atomic E-state index is 0.0128. The minimum Gasteiger partial charge on any atom is -0.457 e. The van der Waals surface area contributed by atoms with Crippen LogP contribution in [-0.4, -0.2) is 15.9 Å². The number of nitrogens with one attached hydrogen (secondary N) is 1. The zero-order valence-corrected chi connectivity index (χ0v) is 21.6. The second kappa shape index (κ2) is 15.6. The molecule has 178 valence electrons. The molecule has 6 heteroatoms. The van der Waals surface area contributed by atoms with Gasteiger partial charge in [0.25, 0.3) is 5.56 Å². The number of nitrogens with two attached hydrogens (primary N) is 1. The molecular weight excluding hydrogens is 390 g/mol. The van der Waals surface area contributed by atoms with Gasteiger partial charge in [-0.05, 0) is 56.9 Å². The first-order valence-corrected chi connectivity index (χ1v) is 11.7. The third-order valence-electron chi connectivity index (χ3n) is 4.09. The van der Waals surface area contributed by atoms with E-state index in [0.29, 0.717) is 16.7 Å². The van der Waals surface area contributed by atoms with Gasteiger partial charge in [-0.25, -0.2) is 4.98 Å². The average molecular weight is 436 g/mol. The largest absolute Gasteiger partial charge is 0.457 e. The van der Waals surface area contributed by atoms with Gasteiger partial charge in [-0.1, -0.05) is 55.4 Å². The molecule has 31 heavy (non-hydrogen) atoms. The molecule has 3 N–H and O–H groups in total. The second-order valence-corrected chi connectivity index (χ2v) is 7.05. The highest BCUT2D eigenvalue weighted by Gasteiger charge is 2.24. The number of aryl methyl sites for hydroxylation is 1. The van der Waals surface area contributed by atoms with Crippen LogP contribution in [0.25, 0.3) is 10.9 Å². The van der Waals surface area contributed by atoms with Gasteiger partial charge in [-0.3, -0.25) is 9.59 Å². The molecule has 1 aliphatic carbocycles. The van der Waals surface area contributed by atoms with Crippen LogP contribution < -0.4 is 11.3 Å². The quantitative estimate of drug-likeness (QED) is 0.558. The van der Waals surface area contributed by atoms with Crippen LogP contribution in [0.4, 0.5) is 0 Å². The third kappa shape index (κ3) is 8.82. The van der Waals surface area contributed by atoms with Crippen LogP contribution in [0.15, 0.2) is 16.9 Å². The lowest BCUT2D eigenvalue weighted by atomic mass is 9.97. The molecule has 0 saturated heterocycles. The van der Waals surface area contributed by atoms with Gasteiger partial charge >= 0.3 is 5.97 Å². The molecule has 1 heterocycles. The van der Waals surface area contributed by atoms with Crippen molar-refractivity contribution >= 4 is 16.9 Å². The maximum absolute atomic E-state index is 12.3. The van der Waals surface area contributed by atoms with Gasteiger partial charge in [0.15, 0.2) is 0 Å². The van der Waals surface area contributed by atoms with Crippen LogP contribution in [0.5, 0.6) is 0 Å². The van der Waals surface area contributed by atoms with Crippen LogP contribution in [-0.2, 0) is 22.6 Å². The fraction of sp³-hybridized carbons (Fsp3) is 0.640. The molecule has 1 atom stereocenters. The number of benzene rings is 1. The summed E-state index contributed by atoms with van der Waals surface area (Å²) in [6.07, 6.45) is 1.79. The summed E-state index contributed by atoms with van der Waals surface area (Å²) in [7, 11) is 0. The van der Waals surface area contributed by atoms with Crippen molar-refractivity contribution in [2.45, 2.75) is 102 Å². The predicted molar refractivity (Wildman–Crippen MR) is 132 cm³/mol. The summed E-state index contributed by atoms with van der Waals surface area (Å²) in [4.78, 5) is 31.2. The summed E-state index contributed by atoms with van der Waals surface area (Å²) in [6.45, 7) is 21.3. The molecule has 0 aliphatic heterocycles. The van der Waals surface area contributed by atoms with Gasteiger partial charge in [0.2, 0.25) is 0 Å². The standard InChI is InChI=1S/C17H21N3O3.4C2H6/c1-17(2,3)16(22)23-8-14-19-13-6-9-4-5-12(18)10(9)7-11(13)15(21)20-14;4*1-2/h6-7,12H,4-5,8,18H2,1-3H3,(H,19,20,21);4*1-2H3. The first-order chi connectivity index (χ1) is 14.8. The third-order valence-corrected chi connectivity index (χ3v) is 4.09. The number of aromatic nitrogens is 2. The van der Waals surface area contributed by atoms with Crippen molar-refractivity contribution in [1.82, 2.24) is 9.97 Å². The molecule has 0 bridgehead atoms. The Balaban J connectivity index is 0. The molecule has 1 unspecified atom stereocenters. The molecule has 1 aliphatic rings. The van der Waals surface area contributed by atoms with Crippen LogP contribution >= 0.6 is 0 Å². The van der Waals surface area contributed by atoms with Gasteiger partial charge < -0.3 is 15.5 Å². The van der Waals surface area contributed by atoms with Gasteiger partial charge in [0, 0.05) is 6.04 Å². The highest BCUT2D eigenvalue weighted by molar-refractivity contribution is 5.80. The molecule has 3 rings (SSSR count). The van der Waals surface area contributed by atoms with E-state index >= 15 is 0 Å². The molecule has 1 aromatic carbocycles. The Kier molecular flexibility index (Phi) is 15.6. The number of H-pyrrole nitrogens is 1. The first-order valence-electron chi connectivity index (χ1n) is 11.7. The van der Waals surface area contributed by atoms with E-state index in [2.05, 4.69) is 9.97 Å². The number of hydrogen-bond acceptors (Lipinski definition) is 5. The maximum Gasteiger partial charge on any atom is 0.311 e. The summed E-state index contributed by atoms with van der Waals surface area (Å²) >= 11 is 0. The molecule has 0 spiro atoms. The number of nitrogens with zero attached hydrogens (tertiary/aromatic N) is 1. The summed E-state index contributed by atoms with van der Waals surface area (Å²) < 4.78 is 5.21. The van der Waals surface area contributed by atoms with E-state index in [4.69, 9.17) is 10.5 Å². The molecule has 0 radical (unpaired) electrons. The highest BCUT2D eigenvalue weighted by Crippen LogP contribution is 2.31. The molecule has 0 fully saturated rings. The number of ether oxygens (including phenoxy) is 1. The number of esters is 1. The smallest absolute Gasteiger partial charge is 0.311 e. The van der Waals surface area contributed by atoms with Crippen molar-refractivity contribution in [3.8, 4) is 0 Å². The summed E-state index contributed by atoms with van der Waals surface area (Å²) in [5.74, 6) is 0.0162. The van der Waals surface area contributed by atoms with Crippen LogP contribution in [0.1, 0.15) is 106 Å². The molecule has 6 nitrogen and oxygen atoms in total. The van der Waals surface area contributed by atoms with Crippen LogP contribution in [0.3, 0.4) is 0 Å². The zero-order chi connectivity index (χ0) is 24.8. The molecule has 2 aromatic rings. The Morgan fingerprint density at radius 3 is 2.16 bits per heavy atom. The van der Waals surface area contributed by atoms with Crippen LogP contribution in [0.2, 0.25) is 0 Å². The lowest BCUT2D eigenvalue weighted by molar-refractivity contribution is -0.154. The van der Waals surface area contributed by atoms with E-state index in [9.17, 15) is 9.59 Å². The predicted octanol–water partition coefficient (Wildman–Crippen LogP) is 6.06. The Hall–Kier alpha value is -2.21. The number of aromatic amines is 1. The lowest BCUT2D eigenvalue weighted by Crippen LogP contribution is -2.24. The van der Waals surface area contributed by atoms with Crippen molar-refractivity contribution in [3.63, 3.8) is 0 Å². The normalized spacial score (nSPS) is 13.6. The van der Waals surface area contributed by atoms with E-state index in [1.54, 1.807) is 20.8 Å². The summed E-state index contributed by atoms with van der Waals surface area (Å²) in [5, 5.41) is 0.520. The maximum atomic E-state index is 12.3. The van der Waals surface area contributed by atoms with Crippen LogP contribution in [0, 0.1) is 5.41 Å². The highest BCUT2D eigenvalue weighted by atomic mass is 16.5. The number of carbonyl (C=O) groups is 1. The minimum atomic E-state index is -0.589. The van der Waals surface area contributed by atoms with E-state index in [1.807, 2.05) is 67.5 Å². The summed E-state index contributed by atoms with van der Waals surface area (Å²) in [5.41, 5.74) is 8.00. The monoisotopic (exact) mass is 435 g/mol. The number of rotatable bonds is 2. The molecule has 0 amide bonds.